The third kappa shape index (κ3) is 2.47. The Labute approximate surface area is 96.4 Å². The highest BCUT2D eigenvalue weighted by Crippen LogP contribution is 2.31. The SMILES string of the molecule is CCOC(=O)c1cnc(C)c(C(F)F)c1Cl. The fourth-order valence-corrected chi connectivity index (χ4v) is 1.54. The number of aryl methyl sites for hydroxylation is 1. The predicted octanol–water partition coefficient (Wildman–Crippen LogP) is 3.16. The first-order valence-electron chi connectivity index (χ1n) is 4.59. The summed E-state index contributed by atoms with van der Waals surface area (Å²) in [6.07, 6.45) is -1.63. The standard InChI is InChI=1S/C10H10ClF2NO2/c1-3-16-10(15)6-4-14-5(2)7(8(6)11)9(12)13/h4,9H,3H2,1-2H3. The molecule has 0 saturated carbocycles. The van der Waals surface area contributed by atoms with Gasteiger partial charge in [-0.05, 0) is 13.8 Å². The van der Waals surface area contributed by atoms with Crippen LogP contribution in [0, 0.1) is 6.92 Å². The van der Waals surface area contributed by atoms with Gasteiger partial charge in [-0.3, -0.25) is 4.98 Å². The molecule has 6 heteroatoms. The fraction of sp³-hybridized carbons (Fsp3) is 0.400. The summed E-state index contributed by atoms with van der Waals surface area (Å²) < 4.78 is 30.0. The van der Waals surface area contributed by atoms with Gasteiger partial charge in [0.15, 0.2) is 0 Å². The molecule has 16 heavy (non-hydrogen) atoms. The van der Waals surface area contributed by atoms with Crippen LogP contribution in [0.15, 0.2) is 6.20 Å². The van der Waals surface area contributed by atoms with Crippen molar-refractivity contribution < 1.29 is 18.3 Å². The topological polar surface area (TPSA) is 39.2 Å². The molecule has 0 fully saturated rings. The minimum atomic E-state index is -2.77. The third-order valence-corrected chi connectivity index (χ3v) is 2.37. The molecule has 0 unspecified atom stereocenters. The van der Waals surface area contributed by atoms with Crippen molar-refractivity contribution in [2.75, 3.05) is 6.61 Å². The molecule has 0 aliphatic carbocycles. The molecule has 1 aromatic heterocycles. The van der Waals surface area contributed by atoms with Crippen LogP contribution in [0.2, 0.25) is 5.02 Å². The molecule has 0 aliphatic rings. The molecular formula is C10H10ClF2NO2. The Balaban J connectivity index is 3.23. The first-order valence-corrected chi connectivity index (χ1v) is 4.97. The van der Waals surface area contributed by atoms with Gasteiger partial charge in [-0.2, -0.15) is 0 Å². The molecule has 0 aliphatic heterocycles. The predicted molar refractivity (Wildman–Crippen MR) is 54.9 cm³/mol. The Hall–Kier alpha value is -1.23. The number of nitrogens with zero attached hydrogens (tertiary/aromatic N) is 1. The minimum Gasteiger partial charge on any atom is -0.462 e. The van der Waals surface area contributed by atoms with Crippen LogP contribution >= 0.6 is 11.6 Å². The van der Waals surface area contributed by atoms with Crippen molar-refractivity contribution in [3.05, 3.63) is 28.0 Å². The van der Waals surface area contributed by atoms with Gasteiger partial charge >= 0.3 is 5.97 Å². The summed E-state index contributed by atoms with van der Waals surface area (Å²) >= 11 is 5.72. The zero-order valence-corrected chi connectivity index (χ0v) is 9.52. The van der Waals surface area contributed by atoms with E-state index in [0.717, 1.165) is 6.20 Å². The summed E-state index contributed by atoms with van der Waals surface area (Å²) in [4.78, 5) is 15.1. The van der Waals surface area contributed by atoms with E-state index in [-0.39, 0.29) is 22.9 Å². The molecule has 0 atom stereocenters. The number of esters is 1. The number of aromatic nitrogens is 1. The van der Waals surface area contributed by atoms with E-state index in [9.17, 15) is 13.6 Å². The van der Waals surface area contributed by atoms with Gasteiger partial charge in [0, 0.05) is 11.9 Å². The number of carbonyl (C=O) groups excluding carboxylic acids is 1. The number of carbonyl (C=O) groups is 1. The van der Waals surface area contributed by atoms with E-state index in [0.29, 0.717) is 0 Å². The number of hydrogen-bond donors (Lipinski definition) is 0. The number of halogens is 3. The Kier molecular flexibility index (Phi) is 4.18. The van der Waals surface area contributed by atoms with Crippen molar-refractivity contribution in [1.29, 1.82) is 0 Å². The van der Waals surface area contributed by atoms with E-state index in [4.69, 9.17) is 11.6 Å². The van der Waals surface area contributed by atoms with Gasteiger partial charge in [0.25, 0.3) is 6.43 Å². The number of rotatable bonds is 3. The summed E-state index contributed by atoms with van der Waals surface area (Å²) in [6, 6.07) is 0. The van der Waals surface area contributed by atoms with Crippen LogP contribution in [-0.4, -0.2) is 17.6 Å². The number of alkyl halides is 2. The van der Waals surface area contributed by atoms with Crippen LogP contribution in [0.5, 0.6) is 0 Å². The monoisotopic (exact) mass is 249 g/mol. The van der Waals surface area contributed by atoms with Crippen molar-refractivity contribution in [3.63, 3.8) is 0 Å². The van der Waals surface area contributed by atoms with Crippen molar-refractivity contribution in [2.24, 2.45) is 0 Å². The van der Waals surface area contributed by atoms with Gasteiger partial charge in [0.1, 0.15) is 0 Å². The quantitative estimate of drug-likeness (QED) is 0.773. The van der Waals surface area contributed by atoms with Gasteiger partial charge in [-0.25, -0.2) is 13.6 Å². The second kappa shape index (κ2) is 5.21. The average Bonchev–Trinajstić information content (AvgIpc) is 2.17. The molecule has 0 radical (unpaired) electrons. The van der Waals surface area contributed by atoms with Crippen molar-refractivity contribution in [2.45, 2.75) is 20.3 Å². The second-order valence-corrected chi connectivity index (χ2v) is 3.38. The molecule has 1 rings (SSSR count). The first kappa shape index (κ1) is 12.8. The number of hydrogen-bond acceptors (Lipinski definition) is 3. The molecule has 0 aromatic carbocycles. The van der Waals surface area contributed by atoms with Gasteiger partial charge in [0.05, 0.1) is 22.8 Å². The Morgan fingerprint density at radius 1 is 1.62 bits per heavy atom. The average molecular weight is 250 g/mol. The molecule has 0 saturated heterocycles. The maximum absolute atomic E-state index is 12.6. The molecule has 0 bridgehead atoms. The lowest BCUT2D eigenvalue weighted by molar-refractivity contribution is 0.0525. The Morgan fingerprint density at radius 2 is 2.25 bits per heavy atom. The Morgan fingerprint density at radius 3 is 2.75 bits per heavy atom. The molecule has 3 nitrogen and oxygen atoms in total. The van der Waals surface area contributed by atoms with E-state index in [1.54, 1.807) is 6.92 Å². The third-order valence-electron chi connectivity index (χ3n) is 1.96. The summed E-state index contributed by atoms with van der Waals surface area (Å²) in [5.74, 6) is -0.748. The molecule has 0 N–H and O–H groups in total. The van der Waals surface area contributed by atoms with E-state index >= 15 is 0 Å². The fourth-order valence-electron chi connectivity index (χ4n) is 1.20. The number of ether oxygens (including phenoxy) is 1. The van der Waals surface area contributed by atoms with E-state index in [1.807, 2.05) is 0 Å². The van der Waals surface area contributed by atoms with Gasteiger partial charge < -0.3 is 4.74 Å². The summed E-state index contributed by atoms with van der Waals surface area (Å²) in [7, 11) is 0. The van der Waals surface area contributed by atoms with Gasteiger partial charge in [-0.1, -0.05) is 11.6 Å². The zero-order valence-electron chi connectivity index (χ0n) is 8.76. The largest absolute Gasteiger partial charge is 0.462 e. The molecule has 1 heterocycles. The van der Waals surface area contributed by atoms with Crippen LogP contribution in [0.25, 0.3) is 0 Å². The maximum atomic E-state index is 12.6. The van der Waals surface area contributed by atoms with Crippen LogP contribution < -0.4 is 0 Å². The van der Waals surface area contributed by atoms with Crippen LogP contribution in [0.4, 0.5) is 8.78 Å². The van der Waals surface area contributed by atoms with Crippen LogP contribution in [0.1, 0.15) is 35.0 Å². The minimum absolute atomic E-state index is 0.105. The summed E-state index contributed by atoms with van der Waals surface area (Å²) in [6.45, 7) is 3.16. The first-order chi connectivity index (χ1) is 7.49. The second-order valence-electron chi connectivity index (χ2n) is 3.01. The highest BCUT2D eigenvalue weighted by atomic mass is 35.5. The van der Waals surface area contributed by atoms with Crippen molar-refractivity contribution >= 4 is 17.6 Å². The molecule has 0 spiro atoms. The maximum Gasteiger partial charge on any atom is 0.341 e. The van der Waals surface area contributed by atoms with Crippen LogP contribution in [0.3, 0.4) is 0 Å². The highest BCUT2D eigenvalue weighted by molar-refractivity contribution is 6.34. The summed E-state index contributed by atoms with van der Waals surface area (Å²) in [5, 5.41) is -0.291. The van der Waals surface area contributed by atoms with Crippen LogP contribution in [-0.2, 0) is 4.74 Å². The molecule has 88 valence electrons. The zero-order chi connectivity index (χ0) is 12.3. The lowest BCUT2D eigenvalue weighted by atomic mass is 10.1. The normalized spacial score (nSPS) is 10.6. The lowest BCUT2D eigenvalue weighted by Gasteiger charge is -2.10. The van der Waals surface area contributed by atoms with Crippen molar-refractivity contribution in [1.82, 2.24) is 4.98 Å². The smallest absolute Gasteiger partial charge is 0.341 e. The van der Waals surface area contributed by atoms with E-state index in [2.05, 4.69) is 9.72 Å². The highest BCUT2D eigenvalue weighted by Gasteiger charge is 2.22. The van der Waals surface area contributed by atoms with Gasteiger partial charge in [-0.15, -0.1) is 0 Å². The van der Waals surface area contributed by atoms with Gasteiger partial charge in [0.2, 0.25) is 0 Å². The van der Waals surface area contributed by atoms with Crippen molar-refractivity contribution in [3.8, 4) is 0 Å². The number of pyridine rings is 1. The van der Waals surface area contributed by atoms with E-state index < -0.39 is 18.0 Å². The molecule has 0 amide bonds. The molecule has 1 aromatic rings. The van der Waals surface area contributed by atoms with E-state index in [1.165, 1.54) is 6.92 Å². The lowest BCUT2D eigenvalue weighted by Crippen LogP contribution is -2.09. The molecular weight excluding hydrogens is 240 g/mol. The summed E-state index contributed by atoms with van der Waals surface area (Å²) in [5.41, 5.74) is -0.454. The Bertz CT molecular complexity index is 410.